The van der Waals surface area contributed by atoms with Gasteiger partial charge in [0.1, 0.15) is 19.8 Å². The number of nitrogens with zero attached hydrogens (tertiary/aromatic N) is 1. The molecule has 0 fully saturated rings. The Bertz CT molecular complexity index is 1010. The van der Waals surface area contributed by atoms with Crippen molar-refractivity contribution in [2.24, 2.45) is 0 Å². The average molecular weight is 771 g/mol. The molecule has 310 valence electrons. The minimum absolute atomic E-state index is 0.0293. The minimum atomic E-state index is -4.37. The van der Waals surface area contributed by atoms with E-state index in [1.54, 1.807) is 0 Å². The fourth-order valence-electron chi connectivity index (χ4n) is 5.62. The second-order valence-electron chi connectivity index (χ2n) is 15.4. The highest BCUT2D eigenvalue weighted by Crippen LogP contribution is 2.43. The SMILES string of the molecule is CC/C=C/C/C=C/C/C=C/CCCCCCCC(=O)OC[C@H](COP(=O)(O)OCC[N+](C)(C)C)OC(=O)CCCCCCCCCCCCCCCC. The first-order valence-corrected chi connectivity index (χ1v) is 22.7. The lowest BCUT2D eigenvalue weighted by molar-refractivity contribution is -0.870. The Morgan fingerprint density at radius 1 is 0.604 bits per heavy atom. The summed E-state index contributed by atoms with van der Waals surface area (Å²) >= 11 is 0. The highest BCUT2D eigenvalue weighted by atomic mass is 31.2. The number of likely N-dealkylation sites (N-methyl/N-ethyl adjacent to an activating group) is 1. The summed E-state index contributed by atoms with van der Waals surface area (Å²) in [5.74, 6) is -0.816. The quantitative estimate of drug-likeness (QED) is 0.0217. The summed E-state index contributed by atoms with van der Waals surface area (Å²) < 4.78 is 34.2. The summed E-state index contributed by atoms with van der Waals surface area (Å²) in [6.07, 6.45) is 39.0. The second-order valence-corrected chi connectivity index (χ2v) is 16.8. The molecular weight excluding hydrogens is 689 g/mol. The third-order valence-electron chi connectivity index (χ3n) is 8.93. The van der Waals surface area contributed by atoms with Crippen LogP contribution in [0.5, 0.6) is 0 Å². The Hall–Kier alpha value is -1.77. The van der Waals surface area contributed by atoms with Gasteiger partial charge >= 0.3 is 19.8 Å². The highest BCUT2D eigenvalue weighted by molar-refractivity contribution is 7.47. The fraction of sp³-hybridized carbons (Fsp3) is 0.814. The molecule has 0 spiro atoms. The number of esters is 2. The number of hydrogen-bond acceptors (Lipinski definition) is 7. The van der Waals surface area contributed by atoms with Gasteiger partial charge in [-0.15, -0.1) is 0 Å². The molecule has 53 heavy (non-hydrogen) atoms. The first kappa shape index (κ1) is 51.2. The molecule has 0 aromatic carbocycles. The number of carbonyl (C=O) groups excluding carboxylic acids is 2. The van der Waals surface area contributed by atoms with Crippen molar-refractivity contribution in [3.63, 3.8) is 0 Å². The van der Waals surface area contributed by atoms with Crippen LogP contribution in [-0.2, 0) is 32.7 Å². The zero-order valence-corrected chi connectivity index (χ0v) is 35.6. The number of ether oxygens (including phenoxy) is 2. The number of rotatable bonds is 38. The Balaban J connectivity index is 4.40. The maximum atomic E-state index is 12.7. The first-order chi connectivity index (χ1) is 25.5. The van der Waals surface area contributed by atoms with Crippen LogP contribution in [0.1, 0.15) is 174 Å². The topological polar surface area (TPSA) is 108 Å². The fourth-order valence-corrected chi connectivity index (χ4v) is 6.36. The van der Waals surface area contributed by atoms with E-state index in [2.05, 4.69) is 50.3 Å². The summed E-state index contributed by atoms with van der Waals surface area (Å²) in [5, 5.41) is 0. The van der Waals surface area contributed by atoms with Gasteiger partial charge in [-0.1, -0.05) is 153 Å². The van der Waals surface area contributed by atoms with Crippen molar-refractivity contribution >= 4 is 19.8 Å². The predicted molar refractivity (Wildman–Crippen MR) is 220 cm³/mol. The Morgan fingerprint density at radius 2 is 1.08 bits per heavy atom. The van der Waals surface area contributed by atoms with Gasteiger partial charge in [0.05, 0.1) is 27.7 Å². The van der Waals surface area contributed by atoms with E-state index in [9.17, 15) is 19.0 Å². The smallest absolute Gasteiger partial charge is 0.462 e. The number of quaternary nitrogens is 1. The number of unbranched alkanes of at least 4 members (excludes halogenated alkanes) is 18. The summed E-state index contributed by atoms with van der Waals surface area (Å²) in [5.41, 5.74) is 0. The highest BCUT2D eigenvalue weighted by Gasteiger charge is 2.27. The normalized spacial score (nSPS) is 14.0. The van der Waals surface area contributed by atoms with Crippen LogP contribution in [0.3, 0.4) is 0 Å². The molecular formula is C43H81NO8P+. The molecule has 0 amide bonds. The van der Waals surface area contributed by atoms with E-state index in [0.29, 0.717) is 17.4 Å². The number of carbonyl (C=O) groups is 2. The number of phosphoric ester groups is 1. The molecule has 2 atom stereocenters. The van der Waals surface area contributed by atoms with Crippen LogP contribution < -0.4 is 0 Å². The number of hydrogen-bond donors (Lipinski definition) is 1. The van der Waals surface area contributed by atoms with Gasteiger partial charge in [0, 0.05) is 12.8 Å². The van der Waals surface area contributed by atoms with Crippen molar-refractivity contribution in [1.29, 1.82) is 0 Å². The molecule has 1 unspecified atom stereocenters. The zero-order chi connectivity index (χ0) is 39.3. The van der Waals surface area contributed by atoms with Crippen LogP contribution >= 0.6 is 7.82 Å². The molecule has 0 heterocycles. The molecule has 0 aliphatic heterocycles. The van der Waals surface area contributed by atoms with Gasteiger partial charge in [0.25, 0.3) is 0 Å². The van der Waals surface area contributed by atoms with Gasteiger partial charge in [-0.2, -0.15) is 0 Å². The van der Waals surface area contributed by atoms with E-state index in [1.165, 1.54) is 70.6 Å². The van der Waals surface area contributed by atoms with Crippen LogP contribution in [0.15, 0.2) is 36.5 Å². The number of allylic oxidation sites excluding steroid dienone is 6. The molecule has 0 aromatic rings. The van der Waals surface area contributed by atoms with Crippen LogP contribution in [0, 0.1) is 0 Å². The molecule has 0 rings (SSSR count). The van der Waals surface area contributed by atoms with Crippen LogP contribution in [0.4, 0.5) is 0 Å². The van der Waals surface area contributed by atoms with E-state index in [1.807, 2.05) is 21.1 Å². The summed E-state index contributed by atoms with van der Waals surface area (Å²) in [7, 11) is 1.47. The van der Waals surface area contributed by atoms with E-state index < -0.39 is 26.5 Å². The van der Waals surface area contributed by atoms with E-state index in [-0.39, 0.29) is 32.0 Å². The van der Waals surface area contributed by atoms with Crippen LogP contribution in [0.25, 0.3) is 0 Å². The largest absolute Gasteiger partial charge is 0.472 e. The maximum absolute atomic E-state index is 12.7. The number of phosphoric acid groups is 1. The van der Waals surface area contributed by atoms with Crippen molar-refractivity contribution < 1.29 is 42.1 Å². The molecule has 0 saturated heterocycles. The predicted octanol–water partition coefficient (Wildman–Crippen LogP) is 11.7. The maximum Gasteiger partial charge on any atom is 0.472 e. The van der Waals surface area contributed by atoms with Crippen molar-refractivity contribution in [3.8, 4) is 0 Å². The third-order valence-corrected chi connectivity index (χ3v) is 9.92. The van der Waals surface area contributed by atoms with E-state index >= 15 is 0 Å². The van der Waals surface area contributed by atoms with Gasteiger partial charge in [-0.05, 0) is 44.9 Å². The lowest BCUT2D eigenvalue weighted by atomic mass is 10.0. The standard InChI is InChI=1S/C43H80NO8P/c1-6-8-10-12-14-16-18-20-22-24-25-27-29-31-33-35-42(45)49-39-41(40-51-53(47,48)50-38-37-44(3,4)5)52-43(46)36-34-32-30-28-26-23-21-19-17-15-13-11-9-7-2/h8,10,14,16,20,22,41H,6-7,9,11-13,15,17-19,21,23-40H2,1-5H3/p+1/b10-8+,16-14+,22-20+/t41-/m1/s1. The second kappa shape index (κ2) is 35.9. The monoisotopic (exact) mass is 771 g/mol. The molecule has 1 N–H and O–H groups in total. The molecule has 10 heteroatoms. The molecule has 0 aliphatic carbocycles. The van der Waals surface area contributed by atoms with Gasteiger partial charge in [-0.25, -0.2) is 4.57 Å². The summed E-state index contributed by atoms with van der Waals surface area (Å²) in [6.45, 7) is 4.29. The van der Waals surface area contributed by atoms with Crippen molar-refractivity contribution in [2.75, 3.05) is 47.5 Å². The van der Waals surface area contributed by atoms with Crippen molar-refractivity contribution in [1.82, 2.24) is 0 Å². The molecule has 0 saturated carbocycles. The summed E-state index contributed by atoms with van der Waals surface area (Å²) in [6, 6.07) is 0. The van der Waals surface area contributed by atoms with E-state index in [4.69, 9.17) is 18.5 Å². The van der Waals surface area contributed by atoms with Crippen molar-refractivity contribution in [3.05, 3.63) is 36.5 Å². The van der Waals surface area contributed by atoms with Gasteiger partial charge < -0.3 is 18.9 Å². The van der Waals surface area contributed by atoms with Gasteiger partial charge in [-0.3, -0.25) is 18.6 Å². The molecule has 0 aromatic heterocycles. The lowest BCUT2D eigenvalue weighted by Gasteiger charge is -2.24. The Kier molecular flexibility index (Phi) is 34.7. The Morgan fingerprint density at radius 3 is 1.60 bits per heavy atom. The van der Waals surface area contributed by atoms with E-state index in [0.717, 1.165) is 70.6 Å². The molecule has 9 nitrogen and oxygen atoms in total. The van der Waals surface area contributed by atoms with Gasteiger partial charge in [0.15, 0.2) is 6.10 Å². The Labute approximate surface area is 325 Å². The third kappa shape index (κ3) is 39.7. The minimum Gasteiger partial charge on any atom is -0.462 e. The van der Waals surface area contributed by atoms with Gasteiger partial charge in [0.2, 0.25) is 0 Å². The summed E-state index contributed by atoms with van der Waals surface area (Å²) in [4.78, 5) is 35.3. The first-order valence-electron chi connectivity index (χ1n) is 21.2. The average Bonchev–Trinajstić information content (AvgIpc) is 3.10. The molecule has 0 aliphatic rings. The van der Waals surface area contributed by atoms with Crippen molar-refractivity contribution in [2.45, 2.75) is 180 Å². The molecule has 0 bridgehead atoms. The van der Waals surface area contributed by atoms with Crippen LogP contribution in [0.2, 0.25) is 0 Å². The molecule has 0 radical (unpaired) electrons. The zero-order valence-electron chi connectivity index (χ0n) is 34.7. The van der Waals surface area contributed by atoms with Crippen LogP contribution in [-0.4, -0.2) is 74.9 Å². The lowest BCUT2D eigenvalue weighted by Crippen LogP contribution is -2.37.